The second-order valence-electron chi connectivity index (χ2n) is 5.30. The van der Waals surface area contributed by atoms with Gasteiger partial charge in [0, 0.05) is 17.5 Å². The topological polar surface area (TPSA) is 37.8 Å². The van der Waals surface area contributed by atoms with Gasteiger partial charge in [0.1, 0.15) is 5.01 Å². The highest BCUT2D eigenvalue weighted by atomic mass is 32.1. The predicted molar refractivity (Wildman–Crippen MR) is 81.8 cm³/mol. The molecular weight excluding hydrogens is 274 g/mol. The molecule has 0 radical (unpaired) electrons. The summed E-state index contributed by atoms with van der Waals surface area (Å²) in [7, 11) is 0. The lowest BCUT2D eigenvalue weighted by Crippen LogP contribution is -2.21. The third kappa shape index (κ3) is 3.04. The molecule has 2 aromatic heterocycles. The second kappa shape index (κ2) is 5.69. The monoisotopic (exact) mass is 293 g/mol. The Morgan fingerprint density at radius 3 is 2.84 bits per heavy atom. The summed E-state index contributed by atoms with van der Waals surface area (Å²) >= 11 is 3.63. The summed E-state index contributed by atoms with van der Waals surface area (Å²) in [6.45, 7) is 5.12. The highest BCUT2D eigenvalue weighted by molar-refractivity contribution is 7.21. The largest absolute Gasteiger partial charge is 0.308 e. The molecule has 0 spiro atoms. The molecule has 1 aliphatic carbocycles. The molecule has 1 aliphatic rings. The van der Waals surface area contributed by atoms with Crippen molar-refractivity contribution in [1.82, 2.24) is 15.5 Å². The number of aromatic nitrogens is 2. The molecular formula is C14H19N3S2. The summed E-state index contributed by atoms with van der Waals surface area (Å²) in [4.78, 5) is 2.87. The zero-order valence-corrected chi connectivity index (χ0v) is 13.0. The number of aryl methyl sites for hydroxylation is 2. The Hall–Kier alpha value is -0.780. The van der Waals surface area contributed by atoms with E-state index in [1.54, 1.807) is 21.8 Å². The summed E-state index contributed by atoms with van der Waals surface area (Å²) in [5.41, 5.74) is 1.54. The first-order valence-electron chi connectivity index (χ1n) is 6.90. The molecule has 0 atom stereocenters. The molecule has 0 aliphatic heterocycles. The van der Waals surface area contributed by atoms with E-state index >= 15 is 0 Å². The number of nitrogens with one attached hydrogen (secondary N) is 1. The number of nitrogens with zero attached hydrogens (tertiary/aromatic N) is 2. The molecule has 3 nitrogen and oxygen atoms in total. The second-order valence-corrected chi connectivity index (χ2v) is 7.50. The van der Waals surface area contributed by atoms with E-state index in [0.29, 0.717) is 6.04 Å². The summed E-state index contributed by atoms with van der Waals surface area (Å²) in [6, 6.07) is 2.82. The third-order valence-corrected chi connectivity index (χ3v) is 5.67. The Kier molecular flexibility index (Phi) is 3.96. The maximum atomic E-state index is 4.35. The van der Waals surface area contributed by atoms with Gasteiger partial charge in [0.05, 0.1) is 4.88 Å². The average Bonchev–Trinajstić information content (AvgIpc) is 3.02. The van der Waals surface area contributed by atoms with Crippen LogP contribution in [0.3, 0.4) is 0 Å². The zero-order chi connectivity index (χ0) is 13.2. The molecule has 0 saturated heterocycles. The highest BCUT2D eigenvalue weighted by Crippen LogP contribution is 2.36. The number of rotatable bonds is 4. The fraction of sp³-hybridized carbons (Fsp3) is 0.571. The number of hydrogen-bond acceptors (Lipinski definition) is 5. The van der Waals surface area contributed by atoms with Crippen molar-refractivity contribution in [2.45, 2.75) is 52.1 Å². The molecule has 0 saturated carbocycles. The van der Waals surface area contributed by atoms with Crippen LogP contribution in [0.1, 0.15) is 42.1 Å². The maximum Gasteiger partial charge on any atom is 0.157 e. The third-order valence-electron chi connectivity index (χ3n) is 3.34. The van der Waals surface area contributed by atoms with Crippen LogP contribution in [0.25, 0.3) is 9.88 Å². The number of fused-ring (bicyclic) bond motifs is 1. The Bertz CT molecular complexity index is 533. The molecule has 0 amide bonds. The lowest BCUT2D eigenvalue weighted by Gasteiger charge is -2.08. The van der Waals surface area contributed by atoms with Crippen molar-refractivity contribution < 1.29 is 0 Å². The molecule has 2 heterocycles. The molecule has 0 aromatic carbocycles. The predicted octanol–water partition coefficient (Wildman–Crippen LogP) is 3.64. The molecule has 0 unspecified atom stereocenters. The minimum absolute atomic E-state index is 0.487. The Morgan fingerprint density at radius 2 is 2.05 bits per heavy atom. The Balaban J connectivity index is 1.76. The van der Waals surface area contributed by atoms with E-state index in [4.69, 9.17) is 0 Å². The minimum Gasteiger partial charge on any atom is -0.308 e. The highest BCUT2D eigenvalue weighted by Gasteiger charge is 2.16. The quantitative estimate of drug-likeness (QED) is 0.935. The van der Waals surface area contributed by atoms with Crippen molar-refractivity contribution in [3.8, 4) is 9.88 Å². The lowest BCUT2D eigenvalue weighted by molar-refractivity contribution is 0.585. The van der Waals surface area contributed by atoms with Crippen LogP contribution in [0.15, 0.2) is 6.07 Å². The average molecular weight is 293 g/mol. The smallest absolute Gasteiger partial charge is 0.157 e. The standard InChI is InChI=1S/C14H19N3S2/c1-9(2)15-8-13-16-17-14(19-13)12-7-10-5-3-4-6-11(10)18-12/h7,9,15H,3-6,8H2,1-2H3. The van der Waals surface area contributed by atoms with E-state index in [1.807, 2.05) is 11.3 Å². The van der Waals surface area contributed by atoms with Crippen molar-refractivity contribution in [1.29, 1.82) is 0 Å². The van der Waals surface area contributed by atoms with E-state index in [-0.39, 0.29) is 0 Å². The van der Waals surface area contributed by atoms with Gasteiger partial charge in [-0.25, -0.2) is 0 Å². The van der Waals surface area contributed by atoms with Crippen molar-refractivity contribution in [2.24, 2.45) is 0 Å². The van der Waals surface area contributed by atoms with E-state index in [9.17, 15) is 0 Å². The van der Waals surface area contributed by atoms with Crippen LogP contribution in [-0.4, -0.2) is 16.2 Å². The lowest BCUT2D eigenvalue weighted by atomic mass is 9.99. The van der Waals surface area contributed by atoms with Crippen LogP contribution in [0.2, 0.25) is 0 Å². The zero-order valence-electron chi connectivity index (χ0n) is 11.4. The van der Waals surface area contributed by atoms with Gasteiger partial charge in [-0.15, -0.1) is 21.5 Å². The van der Waals surface area contributed by atoms with E-state index in [0.717, 1.165) is 16.6 Å². The van der Waals surface area contributed by atoms with Crippen molar-refractivity contribution in [3.63, 3.8) is 0 Å². The normalized spacial score (nSPS) is 14.9. The first-order chi connectivity index (χ1) is 9.22. The van der Waals surface area contributed by atoms with Crippen LogP contribution < -0.4 is 5.32 Å². The van der Waals surface area contributed by atoms with Gasteiger partial charge < -0.3 is 5.32 Å². The SMILES string of the molecule is CC(C)NCc1nnc(-c2cc3c(s2)CCCC3)s1. The van der Waals surface area contributed by atoms with Crippen LogP contribution in [-0.2, 0) is 19.4 Å². The summed E-state index contributed by atoms with van der Waals surface area (Å²) in [6.07, 6.45) is 5.17. The molecule has 5 heteroatoms. The number of hydrogen-bond donors (Lipinski definition) is 1. The summed E-state index contributed by atoms with van der Waals surface area (Å²) < 4.78 is 0. The van der Waals surface area contributed by atoms with Gasteiger partial charge in [-0.3, -0.25) is 0 Å². The van der Waals surface area contributed by atoms with Crippen LogP contribution in [0, 0.1) is 0 Å². The molecule has 0 fully saturated rings. The summed E-state index contributed by atoms with van der Waals surface area (Å²) in [5, 5.41) is 14.2. The maximum absolute atomic E-state index is 4.35. The Labute approximate surface area is 122 Å². The van der Waals surface area contributed by atoms with Crippen LogP contribution >= 0.6 is 22.7 Å². The van der Waals surface area contributed by atoms with Crippen LogP contribution in [0.4, 0.5) is 0 Å². The van der Waals surface area contributed by atoms with Crippen LogP contribution in [0.5, 0.6) is 0 Å². The van der Waals surface area contributed by atoms with E-state index in [1.165, 1.54) is 30.6 Å². The molecule has 3 rings (SSSR count). The van der Waals surface area contributed by atoms with Gasteiger partial charge in [-0.1, -0.05) is 25.2 Å². The van der Waals surface area contributed by atoms with Crippen molar-refractivity contribution in [2.75, 3.05) is 0 Å². The van der Waals surface area contributed by atoms with Gasteiger partial charge in [-0.2, -0.15) is 0 Å². The van der Waals surface area contributed by atoms with Gasteiger partial charge >= 0.3 is 0 Å². The van der Waals surface area contributed by atoms with E-state index < -0.39 is 0 Å². The fourth-order valence-corrected chi connectivity index (χ4v) is 4.40. The molecule has 102 valence electrons. The van der Waals surface area contributed by atoms with Gasteiger partial charge in [0.25, 0.3) is 0 Å². The molecule has 0 bridgehead atoms. The molecule has 2 aromatic rings. The molecule has 1 N–H and O–H groups in total. The molecule has 19 heavy (non-hydrogen) atoms. The van der Waals surface area contributed by atoms with Gasteiger partial charge in [-0.05, 0) is 37.3 Å². The first-order valence-corrected chi connectivity index (χ1v) is 8.53. The van der Waals surface area contributed by atoms with Crippen molar-refractivity contribution in [3.05, 3.63) is 21.5 Å². The number of thiophene rings is 1. The fourth-order valence-electron chi connectivity index (χ4n) is 2.31. The first kappa shape index (κ1) is 13.2. The summed E-state index contributed by atoms with van der Waals surface area (Å²) in [5.74, 6) is 0. The van der Waals surface area contributed by atoms with Gasteiger partial charge in [0.2, 0.25) is 0 Å². The van der Waals surface area contributed by atoms with Crippen molar-refractivity contribution >= 4 is 22.7 Å². The van der Waals surface area contributed by atoms with Gasteiger partial charge in [0.15, 0.2) is 5.01 Å². The Morgan fingerprint density at radius 1 is 1.21 bits per heavy atom. The minimum atomic E-state index is 0.487. The van der Waals surface area contributed by atoms with E-state index in [2.05, 4.69) is 35.4 Å².